The van der Waals surface area contributed by atoms with Crippen molar-refractivity contribution in [1.82, 2.24) is 5.32 Å². The van der Waals surface area contributed by atoms with Crippen molar-refractivity contribution < 1.29 is 0 Å². The highest BCUT2D eigenvalue weighted by atomic mass is 14.9. The standard InChI is InChI=1S/C19H39N/c1-8-9-10-15-11-12-20-17(13-15)16(19(5,6)7)14-18(2,3)4/h15-17,20H,8-14H2,1-7H3. The molecular formula is C19H39N. The van der Waals surface area contributed by atoms with Gasteiger partial charge in [0.05, 0.1) is 0 Å². The van der Waals surface area contributed by atoms with Crippen LogP contribution >= 0.6 is 0 Å². The number of piperidine rings is 1. The van der Waals surface area contributed by atoms with Crippen molar-refractivity contribution in [3.63, 3.8) is 0 Å². The second-order valence-electron chi connectivity index (χ2n) is 9.33. The minimum Gasteiger partial charge on any atom is -0.314 e. The summed E-state index contributed by atoms with van der Waals surface area (Å²) in [5.74, 6) is 1.75. The van der Waals surface area contributed by atoms with Gasteiger partial charge in [0.2, 0.25) is 0 Å². The van der Waals surface area contributed by atoms with Gasteiger partial charge in [-0.05, 0) is 48.5 Å². The minimum absolute atomic E-state index is 0.400. The van der Waals surface area contributed by atoms with Crippen LogP contribution in [0.25, 0.3) is 0 Å². The van der Waals surface area contributed by atoms with Gasteiger partial charge in [-0.15, -0.1) is 0 Å². The summed E-state index contributed by atoms with van der Waals surface area (Å²) >= 11 is 0. The molecule has 1 saturated heterocycles. The number of nitrogens with one attached hydrogen (secondary N) is 1. The lowest BCUT2D eigenvalue weighted by Gasteiger charge is -2.44. The Morgan fingerprint density at radius 2 is 1.75 bits per heavy atom. The van der Waals surface area contributed by atoms with E-state index in [2.05, 4.69) is 53.8 Å². The zero-order valence-electron chi connectivity index (χ0n) is 15.2. The van der Waals surface area contributed by atoms with Crippen molar-refractivity contribution in [2.75, 3.05) is 6.54 Å². The molecule has 0 bridgehead atoms. The highest BCUT2D eigenvalue weighted by molar-refractivity contribution is 4.91. The molecule has 1 aliphatic heterocycles. The smallest absolute Gasteiger partial charge is 0.0103 e. The van der Waals surface area contributed by atoms with E-state index in [0.717, 1.165) is 17.9 Å². The van der Waals surface area contributed by atoms with Gasteiger partial charge in [-0.25, -0.2) is 0 Å². The Hall–Kier alpha value is -0.0400. The van der Waals surface area contributed by atoms with Crippen LogP contribution < -0.4 is 5.32 Å². The molecule has 0 saturated carbocycles. The molecule has 20 heavy (non-hydrogen) atoms. The number of hydrogen-bond donors (Lipinski definition) is 1. The van der Waals surface area contributed by atoms with Crippen LogP contribution in [0, 0.1) is 22.7 Å². The third-order valence-corrected chi connectivity index (χ3v) is 4.94. The second-order valence-corrected chi connectivity index (χ2v) is 9.33. The highest BCUT2D eigenvalue weighted by Gasteiger charge is 2.37. The van der Waals surface area contributed by atoms with E-state index in [1.165, 1.54) is 45.1 Å². The van der Waals surface area contributed by atoms with E-state index in [1.807, 2.05) is 0 Å². The van der Waals surface area contributed by atoms with Crippen molar-refractivity contribution in [3.8, 4) is 0 Å². The topological polar surface area (TPSA) is 12.0 Å². The molecule has 0 radical (unpaired) electrons. The lowest BCUT2D eigenvalue weighted by Crippen LogP contribution is -2.48. The second kappa shape index (κ2) is 7.29. The van der Waals surface area contributed by atoms with E-state index in [1.54, 1.807) is 0 Å². The summed E-state index contributed by atoms with van der Waals surface area (Å²) in [6.45, 7) is 18.0. The average Bonchev–Trinajstić information content (AvgIpc) is 2.31. The Balaban J connectivity index is 2.70. The van der Waals surface area contributed by atoms with Gasteiger partial charge in [-0.1, -0.05) is 67.7 Å². The molecular weight excluding hydrogens is 242 g/mol. The zero-order valence-corrected chi connectivity index (χ0v) is 15.2. The van der Waals surface area contributed by atoms with Crippen LogP contribution in [0.5, 0.6) is 0 Å². The van der Waals surface area contributed by atoms with Crippen LogP contribution in [-0.4, -0.2) is 12.6 Å². The van der Waals surface area contributed by atoms with Gasteiger partial charge in [-0.2, -0.15) is 0 Å². The molecule has 0 aliphatic carbocycles. The summed E-state index contributed by atoms with van der Waals surface area (Å²) in [6.07, 6.45) is 8.33. The molecule has 1 nitrogen and oxygen atoms in total. The minimum atomic E-state index is 0.400. The third kappa shape index (κ3) is 6.16. The summed E-state index contributed by atoms with van der Waals surface area (Å²) in [7, 11) is 0. The van der Waals surface area contributed by atoms with Crippen LogP contribution in [0.2, 0.25) is 0 Å². The summed E-state index contributed by atoms with van der Waals surface area (Å²) in [5, 5.41) is 3.85. The molecule has 3 atom stereocenters. The summed E-state index contributed by atoms with van der Waals surface area (Å²) in [4.78, 5) is 0. The number of unbranched alkanes of at least 4 members (excludes halogenated alkanes) is 1. The van der Waals surface area contributed by atoms with Crippen LogP contribution in [0.4, 0.5) is 0 Å². The molecule has 0 aromatic carbocycles. The highest BCUT2D eigenvalue weighted by Crippen LogP contribution is 2.41. The summed E-state index contributed by atoms with van der Waals surface area (Å²) < 4.78 is 0. The van der Waals surface area contributed by atoms with E-state index in [0.29, 0.717) is 10.8 Å². The Morgan fingerprint density at radius 3 is 2.25 bits per heavy atom. The molecule has 0 aromatic rings. The maximum atomic E-state index is 3.85. The van der Waals surface area contributed by atoms with Gasteiger partial charge in [-0.3, -0.25) is 0 Å². The van der Waals surface area contributed by atoms with Crippen LogP contribution in [0.15, 0.2) is 0 Å². The molecule has 1 aliphatic rings. The first kappa shape index (κ1) is 18.0. The predicted octanol–water partition coefficient (Wildman–Crippen LogP) is 5.64. The molecule has 0 amide bonds. The molecule has 1 N–H and O–H groups in total. The van der Waals surface area contributed by atoms with Crippen LogP contribution in [0.1, 0.15) is 87.0 Å². The van der Waals surface area contributed by atoms with Crippen molar-refractivity contribution in [3.05, 3.63) is 0 Å². The lowest BCUT2D eigenvalue weighted by atomic mass is 9.66. The molecule has 1 fully saturated rings. The van der Waals surface area contributed by atoms with Gasteiger partial charge in [0.25, 0.3) is 0 Å². The van der Waals surface area contributed by atoms with Crippen molar-refractivity contribution in [2.45, 2.75) is 93.0 Å². The number of rotatable bonds is 5. The summed E-state index contributed by atoms with van der Waals surface area (Å²) in [6, 6.07) is 0.727. The van der Waals surface area contributed by atoms with E-state index in [-0.39, 0.29) is 0 Å². The molecule has 1 rings (SSSR count). The van der Waals surface area contributed by atoms with Crippen molar-refractivity contribution >= 4 is 0 Å². The SMILES string of the molecule is CCCCC1CCNC(C(CC(C)(C)C)C(C)(C)C)C1. The molecule has 0 spiro atoms. The monoisotopic (exact) mass is 281 g/mol. The predicted molar refractivity (Wildman–Crippen MR) is 91.1 cm³/mol. The Bertz CT molecular complexity index is 268. The van der Waals surface area contributed by atoms with Gasteiger partial charge < -0.3 is 5.32 Å². The summed E-state index contributed by atoms with van der Waals surface area (Å²) in [5.41, 5.74) is 0.827. The fraction of sp³-hybridized carbons (Fsp3) is 1.00. The molecule has 3 unspecified atom stereocenters. The van der Waals surface area contributed by atoms with Crippen molar-refractivity contribution in [1.29, 1.82) is 0 Å². The van der Waals surface area contributed by atoms with Gasteiger partial charge in [0, 0.05) is 6.04 Å². The van der Waals surface area contributed by atoms with Gasteiger partial charge >= 0.3 is 0 Å². The molecule has 0 aromatic heterocycles. The van der Waals surface area contributed by atoms with Gasteiger partial charge in [0.1, 0.15) is 0 Å². The normalized spacial score (nSPS) is 26.6. The van der Waals surface area contributed by atoms with Crippen LogP contribution in [-0.2, 0) is 0 Å². The first-order valence-electron chi connectivity index (χ1n) is 8.87. The first-order valence-corrected chi connectivity index (χ1v) is 8.87. The fourth-order valence-corrected chi connectivity index (χ4v) is 3.81. The molecule has 1 heteroatoms. The Kier molecular flexibility index (Phi) is 6.57. The largest absolute Gasteiger partial charge is 0.314 e. The van der Waals surface area contributed by atoms with E-state index >= 15 is 0 Å². The van der Waals surface area contributed by atoms with E-state index in [4.69, 9.17) is 0 Å². The van der Waals surface area contributed by atoms with Gasteiger partial charge in [0.15, 0.2) is 0 Å². The van der Waals surface area contributed by atoms with Crippen LogP contribution in [0.3, 0.4) is 0 Å². The average molecular weight is 282 g/mol. The Labute approximate surface area is 128 Å². The lowest BCUT2D eigenvalue weighted by molar-refractivity contribution is 0.0917. The first-order chi connectivity index (χ1) is 9.13. The maximum absolute atomic E-state index is 3.85. The number of hydrogen-bond acceptors (Lipinski definition) is 1. The quantitative estimate of drug-likeness (QED) is 0.687. The Morgan fingerprint density at radius 1 is 1.10 bits per heavy atom. The fourth-order valence-electron chi connectivity index (χ4n) is 3.81. The molecule has 120 valence electrons. The maximum Gasteiger partial charge on any atom is 0.0103 e. The molecule has 1 heterocycles. The third-order valence-electron chi connectivity index (χ3n) is 4.94. The van der Waals surface area contributed by atoms with Crippen molar-refractivity contribution in [2.24, 2.45) is 22.7 Å². The van der Waals surface area contributed by atoms with E-state index < -0.39 is 0 Å². The van der Waals surface area contributed by atoms with E-state index in [9.17, 15) is 0 Å². The zero-order chi connectivity index (χ0) is 15.4.